The first-order valence-corrected chi connectivity index (χ1v) is 7.43. The van der Waals surface area contributed by atoms with E-state index in [1.807, 2.05) is 37.4 Å². The van der Waals surface area contributed by atoms with Gasteiger partial charge >= 0.3 is 0 Å². The first-order valence-electron chi connectivity index (χ1n) is 7.43. The van der Waals surface area contributed by atoms with Gasteiger partial charge in [0.05, 0.1) is 0 Å². The van der Waals surface area contributed by atoms with Gasteiger partial charge in [0.2, 0.25) is 5.91 Å². The Morgan fingerprint density at radius 1 is 1.40 bits per heavy atom. The number of amides is 1. The predicted octanol–water partition coefficient (Wildman–Crippen LogP) is 1.53. The molecule has 1 aromatic carbocycles. The highest BCUT2D eigenvalue weighted by Gasteiger charge is 2.33. The molecule has 1 fully saturated rings. The summed E-state index contributed by atoms with van der Waals surface area (Å²) in [6.07, 6.45) is 2.36. The van der Waals surface area contributed by atoms with Crippen LogP contribution >= 0.6 is 0 Å². The molecule has 2 unspecified atom stereocenters. The molecule has 20 heavy (non-hydrogen) atoms. The standard InChI is InChI=1S/C16H25N3O/c1-3-19(2)15(13-7-5-4-6-8-13)16(20)18-14(11-17)12-9-10-12/h4-8,12,14-15H,3,9-11,17H2,1-2H3,(H,18,20). The second-order valence-corrected chi connectivity index (χ2v) is 5.57. The molecule has 1 aromatic rings. The van der Waals surface area contributed by atoms with Gasteiger partial charge in [0, 0.05) is 12.6 Å². The van der Waals surface area contributed by atoms with Crippen molar-refractivity contribution in [2.45, 2.75) is 31.8 Å². The Bertz CT molecular complexity index is 431. The highest BCUT2D eigenvalue weighted by Crippen LogP contribution is 2.32. The van der Waals surface area contributed by atoms with Gasteiger partial charge in [-0.15, -0.1) is 0 Å². The van der Waals surface area contributed by atoms with Gasteiger partial charge in [-0.25, -0.2) is 0 Å². The van der Waals surface area contributed by atoms with Crippen LogP contribution in [0.3, 0.4) is 0 Å². The summed E-state index contributed by atoms with van der Waals surface area (Å²) in [6.45, 7) is 3.40. The van der Waals surface area contributed by atoms with Crippen LogP contribution < -0.4 is 11.1 Å². The second kappa shape index (κ2) is 6.86. The number of nitrogens with one attached hydrogen (secondary N) is 1. The molecule has 0 aliphatic heterocycles. The molecule has 1 saturated carbocycles. The fraction of sp³-hybridized carbons (Fsp3) is 0.562. The molecule has 4 nitrogen and oxygen atoms in total. The van der Waals surface area contributed by atoms with Crippen LogP contribution in [0.2, 0.25) is 0 Å². The van der Waals surface area contributed by atoms with Crippen LogP contribution in [0, 0.1) is 5.92 Å². The van der Waals surface area contributed by atoms with Gasteiger partial charge in [-0.3, -0.25) is 9.69 Å². The van der Waals surface area contributed by atoms with Crippen molar-refractivity contribution in [1.29, 1.82) is 0 Å². The summed E-state index contributed by atoms with van der Waals surface area (Å²) in [4.78, 5) is 14.7. The fourth-order valence-corrected chi connectivity index (χ4v) is 2.55. The van der Waals surface area contributed by atoms with Crippen molar-refractivity contribution in [3.05, 3.63) is 35.9 Å². The zero-order chi connectivity index (χ0) is 14.5. The average Bonchev–Trinajstić information content (AvgIpc) is 3.30. The molecule has 1 aliphatic rings. The summed E-state index contributed by atoms with van der Waals surface area (Å²) in [7, 11) is 1.98. The van der Waals surface area contributed by atoms with Crippen LogP contribution in [0.5, 0.6) is 0 Å². The van der Waals surface area contributed by atoms with Crippen LogP contribution in [0.25, 0.3) is 0 Å². The summed E-state index contributed by atoms with van der Waals surface area (Å²) in [5.41, 5.74) is 6.81. The minimum atomic E-state index is -0.242. The first kappa shape index (κ1) is 15.0. The van der Waals surface area contributed by atoms with E-state index in [9.17, 15) is 4.79 Å². The predicted molar refractivity (Wildman–Crippen MR) is 81.2 cm³/mol. The van der Waals surface area contributed by atoms with Gasteiger partial charge in [0.25, 0.3) is 0 Å². The van der Waals surface area contributed by atoms with Crippen molar-refractivity contribution in [2.24, 2.45) is 11.7 Å². The number of hydrogen-bond donors (Lipinski definition) is 2. The van der Waals surface area contributed by atoms with E-state index in [0.717, 1.165) is 12.1 Å². The Hall–Kier alpha value is -1.39. The van der Waals surface area contributed by atoms with Gasteiger partial charge in [-0.05, 0) is 37.9 Å². The minimum Gasteiger partial charge on any atom is -0.350 e. The highest BCUT2D eigenvalue weighted by atomic mass is 16.2. The van der Waals surface area contributed by atoms with Gasteiger partial charge in [-0.1, -0.05) is 37.3 Å². The molecule has 110 valence electrons. The average molecular weight is 275 g/mol. The maximum atomic E-state index is 12.6. The molecule has 0 radical (unpaired) electrons. The van der Waals surface area contributed by atoms with Gasteiger partial charge in [-0.2, -0.15) is 0 Å². The zero-order valence-corrected chi connectivity index (χ0v) is 12.4. The minimum absolute atomic E-state index is 0.0582. The summed E-state index contributed by atoms with van der Waals surface area (Å²) >= 11 is 0. The van der Waals surface area contributed by atoms with Crippen LogP contribution in [-0.2, 0) is 4.79 Å². The maximum Gasteiger partial charge on any atom is 0.242 e. The Morgan fingerprint density at radius 2 is 2.05 bits per heavy atom. The van der Waals surface area contributed by atoms with E-state index in [0.29, 0.717) is 12.5 Å². The Labute approximate surface area is 121 Å². The number of nitrogens with two attached hydrogens (primary N) is 1. The summed E-state index contributed by atoms with van der Waals surface area (Å²) < 4.78 is 0. The lowest BCUT2D eigenvalue weighted by molar-refractivity contribution is -0.127. The van der Waals surface area contributed by atoms with E-state index in [1.165, 1.54) is 12.8 Å². The lowest BCUT2D eigenvalue weighted by atomic mass is 10.0. The van der Waals surface area contributed by atoms with Crippen molar-refractivity contribution < 1.29 is 4.79 Å². The van der Waals surface area contributed by atoms with Crippen LogP contribution in [0.4, 0.5) is 0 Å². The fourth-order valence-electron chi connectivity index (χ4n) is 2.55. The maximum absolute atomic E-state index is 12.6. The lowest BCUT2D eigenvalue weighted by Crippen LogP contribution is -2.47. The number of nitrogens with zero attached hydrogens (tertiary/aromatic N) is 1. The number of hydrogen-bond acceptors (Lipinski definition) is 3. The topological polar surface area (TPSA) is 58.4 Å². The normalized spacial score (nSPS) is 17.8. The van der Waals surface area contributed by atoms with E-state index < -0.39 is 0 Å². The van der Waals surface area contributed by atoms with Gasteiger partial charge < -0.3 is 11.1 Å². The van der Waals surface area contributed by atoms with Crippen molar-refractivity contribution in [3.63, 3.8) is 0 Å². The number of likely N-dealkylation sites (N-methyl/N-ethyl adjacent to an activating group) is 1. The van der Waals surface area contributed by atoms with Gasteiger partial charge in [0.1, 0.15) is 6.04 Å². The Kier molecular flexibility index (Phi) is 5.15. The molecular weight excluding hydrogens is 250 g/mol. The number of benzene rings is 1. The van der Waals surface area contributed by atoms with Gasteiger partial charge in [0.15, 0.2) is 0 Å². The molecule has 0 bridgehead atoms. The number of rotatable bonds is 7. The van der Waals surface area contributed by atoms with E-state index >= 15 is 0 Å². The second-order valence-electron chi connectivity index (χ2n) is 5.57. The first-order chi connectivity index (χ1) is 9.67. The lowest BCUT2D eigenvalue weighted by Gasteiger charge is -2.28. The van der Waals surface area contributed by atoms with E-state index in [-0.39, 0.29) is 18.0 Å². The third-order valence-corrected chi connectivity index (χ3v) is 4.08. The third kappa shape index (κ3) is 3.58. The van der Waals surface area contributed by atoms with Crippen LogP contribution in [-0.4, -0.2) is 37.0 Å². The zero-order valence-electron chi connectivity index (χ0n) is 12.4. The molecule has 3 N–H and O–H groups in total. The van der Waals surface area contributed by atoms with Crippen molar-refractivity contribution in [2.75, 3.05) is 20.1 Å². The third-order valence-electron chi connectivity index (χ3n) is 4.08. The van der Waals surface area contributed by atoms with E-state index in [1.54, 1.807) is 0 Å². The molecule has 0 heterocycles. The Balaban J connectivity index is 2.11. The van der Waals surface area contributed by atoms with Crippen molar-refractivity contribution in [1.82, 2.24) is 10.2 Å². The van der Waals surface area contributed by atoms with Crippen LogP contribution in [0.15, 0.2) is 30.3 Å². The van der Waals surface area contributed by atoms with Crippen molar-refractivity contribution >= 4 is 5.91 Å². The van der Waals surface area contributed by atoms with E-state index in [2.05, 4.69) is 17.1 Å². The van der Waals surface area contributed by atoms with E-state index in [4.69, 9.17) is 5.73 Å². The molecule has 0 spiro atoms. The van der Waals surface area contributed by atoms with Crippen molar-refractivity contribution in [3.8, 4) is 0 Å². The molecule has 1 amide bonds. The molecule has 2 rings (SSSR count). The molecule has 4 heteroatoms. The number of carbonyl (C=O) groups excluding carboxylic acids is 1. The summed E-state index contributed by atoms with van der Waals surface area (Å²) in [5.74, 6) is 0.634. The largest absolute Gasteiger partial charge is 0.350 e. The monoisotopic (exact) mass is 275 g/mol. The quantitative estimate of drug-likeness (QED) is 0.793. The molecular formula is C16H25N3O. The smallest absolute Gasteiger partial charge is 0.242 e. The summed E-state index contributed by atoms with van der Waals surface area (Å²) in [5, 5.41) is 3.14. The summed E-state index contributed by atoms with van der Waals surface area (Å²) in [6, 6.07) is 9.81. The Morgan fingerprint density at radius 3 is 2.55 bits per heavy atom. The molecule has 2 atom stereocenters. The molecule has 0 aromatic heterocycles. The molecule has 0 saturated heterocycles. The molecule has 1 aliphatic carbocycles. The SMILES string of the molecule is CCN(C)C(C(=O)NC(CN)C1CC1)c1ccccc1. The highest BCUT2D eigenvalue weighted by molar-refractivity contribution is 5.83. The van der Waals surface area contributed by atoms with Crippen LogP contribution in [0.1, 0.15) is 31.4 Å². The number of carbonyl (C=O) groups is 1.